The van der Waals surface area contributed by atoms with Gasteiger partial charge in [-0.2, -0.15) is 0 Å². The predicted molar refractivity (Wildman–Crippen MR) is 111 cm³/mol. The van der Waals surface area contributed by atoms with E-state index in [0.717, 1.165) is 11.1 Å². The van der Waals surface area contributed by atoms with Gasteiger partial charge in [0.25, 0.3) is 0 Å². The first-order chi connectivity index (χ1) is 12.0. The van der Waals surface area contributed by atoms with Crippen molar-refractivity contribution in [2.24, 2.45) is 5.92 Å². The Morgan fingerprint density at radius 2 is 2.12 bits per heavy atom. The van der Waals surface area contributed by atoms with E-state index in [1.807, 2.05) is 6.20 Å². The number of hydrogen-bond donors (Lipinski definition) is 0. The van der Waals surface area contributed by atoms with Crippen molar-refractivity contribution in [1.82, 2.24) is 4.57 Å². The van der Waals surface area contributed by atoms with E-state index in [1.165, 1.54) is 7.11 Å². The van der Waals surface area contributed by atoms with Crippen LogP contribution in [0.5, 0.6) is 0 Å². The van der Waals surface area contributed by atoms with Gasteiger partial charge >= 0.3 is 63.3 Å². The summed E-state index contributed by atoms with van der Waals surface area (Å²) in [5.41, 5.74) is 1.89. The van der Waals surface area contributed by atoms with Crippen LogP contribution in [-0.4, -0.2) is 36.0 Å². The van der Waals surface area contributed by atoms with E-state index in [-0.39, 0.29) is 117 Å². The van der Waals surface area contributed by atoms with E-state index in [1.54, 1.807) is 11.5 Å². The van der Waals surface area contributed by atoms with Crippen LogP contribution in [0.4, 0.5) is 5.82 Å². The van der Waals surface area contributed by atoms with Crippen molar-refractivity contribution in [1.29, 1.82) is 0 Å². The van der Waals surface area contributed by atoms with Crippen molar-refractivity contribution < 1.29 is 104 Å². The van der Waals surface area contributed by atoms with Crippen LogP contribution < -0.4 is 51.4 Å². The minimum absolute atomic E-state index is 0. The summed E-state index contributed by atoms with van der Waals surface area (Å²) in [7, 11) is 1.33. The number of aromatic nitrogens is 1. The van der Waals surface area contributed by atoms with E-state index in [0.29, 0.717) is 31.6 Å². The van der Waals surface area contributed by atoms with Crippen LogP contribution in [0.25, 0.3) is 4.85 Å². The third-order valence-corrected chi connectivity index (χ3v) is 4.42. The van der Waals surface area contributed by atoms with Gasteiger partial charge in [-0.3, -0.25) is 19.0 Å². The summed E-state index contributed by atoms with van der Waals surface area (Å²) in [5, 5.41) is 0. The number of carbonyl (C=O) groups is 3. The summed E-state index contributed by atoms with van der Waals surface area (Å²) in [6.45, 7) is 9.75. The molecule has 0 radical (unpaired) electrons. The van der Waals surface area contributed by atoms with E-state index in [2.05, 4.69) is 9.58 Å². The number of nitrogens with zero attached hydrogens (tertiary/aromatic N) is 2. The summed E-state index contributed by atoms with van der Waals surface area (Å²) >= 11 is 0. The molecule has 0 aliphatic heterocycles. The Balaban J connectivity index is -0.0000000179. The molecular formula is C18H42KN2O5-19. The normalized spacial score (nSPS) is 15.2. The molecule has 0 aromatic carbocycles. The number of esters is 2. The standard InChI is InChI=1S/C18H22N2O5.K.20H/c1-4-25-17(23)10-15(21)12-5-6-14-13(9-12)11-20(18(14)19-2)8-7-16(22)24-3;;;;;;;;;;;;;;;;;;;;;/h11-12H,4-10H2,1,3H3;;;;;;;;;;;;;;;;;;;;;/q;+1;20*-1/i;;20*1+2. The van der Waals surface area contributed by atoms with Crippen LogP contribution in [-0.2, 0) is 43.2 Å². The molecule has 174 valence electrons. The number of ketones is 1. The van der Waals surface area contributed by atoms with Crippen LogP contribution in [0.1, 0.15) is 65.8 Å². The first kappa shape index (κ1) is 23.1. The maximum Gasteiger partial charge on any atom is 1.00 e. The molecule has 1 aliphatic rings. The molecule has 0 amide bonds. The second kappa shape index (κ2) is 11.0. The average molecular weight is 446 g/mol. The van der Waals surface area contributed by atoms with Crippen molar-refractivity contribution in [2.75, 3.05) is 13.7 Å². The molecule has 0 fully saturated rings. The number of carbonyl (C=O) groups excluding carboxylic acids is 3. The molecule has 1 aromatic heterocycles. The molecule has 0 saturated carbocycles. The molecule has 26 heavy (non-hydrogen) atoms. The third-order valence-electron chi connectivity index (χ3n) is 4.42. The van der Waals surface area contributed by atoms with Crippen molar-refractivity contribution in [3.05, 3.63) is 28.7 Å². The zero-order chi connectivity index (χ0) is 18.4. The summed E-state index contributed by atoms with van der Waals surface area (Å²) in [6, 6.07) is 0. The van der Waals surface area contributed by atoms with Crippen LogP contribution in [0.2, 0.25) is 0 Å². The molecule has 1 atom stereocenters. The Labute approximate surface area is 225 Å². The van der Waals surface area contributed by atoms with Gasteiger partial charge in [0, 0.05) is 5.92 Å². The van der Waals surface area contributed by atoms with Gasteiger partial charge in [-0.05, 0) is 37.3 Å². The Hall–Kier alpha value is -0.984. The van der Waals surface area contributed by atoms with Gasteiger partial charge in [-0.15, -0.1) is 0 Å². The molecule has 0 spiro atoms. The maximum absolute atomic E-state index is 12.3. The van der Waals surface area contributed by atoms with Gasteiger partial charge in [0.05, 0.1) is 32.9 Å². The predicted octanol–water partition coefficient (Wildman–Crippen LogP) is 1.48. The molecule has 1 aliphatic carbocycles. The van der Waals surface area contributed by atoms with E-state index < -0.39 is 5.97 Å². The first-order valence-corrected chi connectivity index (χ1v) is 8.33. The van der Waals surface area contributed by atoms with Gasteiger partial charge < -0.3 is 42.9 Å². The van der Waals surface area contributed by atoms with Crippen LogP contribution in [0, 0.1) is 12.5 Å². The zero-order valence-corrected chi connectivity index (χ0v) is 18.7. The van der Waals surface area contributed by atoms with Gasteiger partial charge in [0.1, 0.15) is 12.2 Å². The maximum atomic E-state index is 12.3. The molecule has 0 bridgehead atoms. The Kier molecular flexibility index (Phi) is 9.75. The summed E-state index contributed by atoms with van der Waals surface area (Å²) in [4.78, 5) is 38.7. The quantitative estimate of drug-likeness (QED) is 0.275. The molecule has 1 aromatic rings. The number of Topliss-reactive ketones (excluding diaryl/α,β-unsaturated/α-hetero) is 1. The molecule has 0 saturated heterocycles. The van der Waals surface area contributed by atoms with Crippen LogP contribution >= 0.6 is 0 Å². The molecule has 2 rings (SSSR count). The number of aryl methyl sites for hydroxylation is 1. The third kappa shape index (κ3) is 5.76. The largest absolute Gasteiger partial charge is 1.00 e. The SMILES string of the molecule is [3H-].[3H-].[3H-].[3H-].[3H-].[3H-].[3H-].[3H-].[3H-].[3H-].[3H-].[3H-].[3H-].[3H-].[3H-].[3H-].[3H-].[3H-].[3H-].[3H-].[C-]#[N+]c1c2c(cn1CCC(=O)OC)CC(C(=O)CC(=O)OCC)CC2.[K+]. The summed E-state index contributed by atoms with van der Waals surface area (Å²) in [6.07, 6.45) is 3.59. The van der Waals surface area contributed by atoms with Crippen molar-refractivity contribution in [3.63, 3.8) is 0 Å². The second-order valence-corrected chi connectivity index (χ2v) is 5.98. The fraction of sp³-hybridized carbons (Fsp3) is 0.556. The molecule has 0 N–H and O–H groups in total. The topological polar surface area (TPSA) is 79.0 Å². The minimum Gasteiger partial charge on any atom is -1.00 e. The second-order valence-electron chi connectivity index (χ2n) is 5.98. The number of hydrogen-bond acceptors (Lipinski definition) is 5. The molecule has 1 unspecified atom stereocenters. The number of fused-ring (bicyclic) bond motifs is 1. The van der Waals surface area contributed by atoms with E-state index >= 15 is 0 Å². The number of rotatable bonds is 7. The average Bonchev–Trinajstić information content (AvgIpc) is 2.96. The van der Waals surface area contributed by atoms with Crippen molar-refractivity contribution in [2.45, 2.75) is 45.6 Å². The Morgan fingerprint density at radius 1 is 1.38 bits per heavy atom. The summed E-state index contributed by atoms with van der Waals surface area (Å²) in [5.74, 6) is -0.640. The van der Waals surface area contributed by atoms with E-state index in [9.17, 15) is 14.4 Å². The number of methoxy groups -OCH3 is 1. The zero-order valence-electron chi connectivity index (χ0n) is 35.5. The molecule has 8 heteroatoms. The van der Waals surface area contributed by atoms with Crippen LogP contribution in [0.3, 0.4) is 0 Å². The molecular weight excluding hydrogens is 363 g/mol. The minimum atomic E-state index is -0.490. The summed E-state index contributed by atoms with van der Waals surface area (Å²) < 4.78 is 11.2. The van der Waals surface area contributed by atoms with Crippen molar-refractivity contribution in [3.8, 4) is 0 Å². The monoisotopic (exact) mass is 445 g/mol. The van der Waals surface area contributed by atoms with Crippen LogP contribution in [0.15, 0.2) is 6.20 Å². The smallest absolute Gasteiger partial charge is 1.00 e. The van der Waals surface area contributed by atoms with Crippen molar-refractivity contribution >= 4 is 23.5 Å². The van der Waals surface area contributed by atoms with Gasteiger partial charge in [-0.25, -0.2) is 0 Å². The van der Waals surface area contributed by atoms with Gasteiger partial charge in [0.2, 0.25) is 5.82 Å². The Bertz CT molecular complexity index is 765. The fourth-order valence-electron chi connectivity index (χ4n) is 3.17. The molecule has 1 heterocycles. The van der Waals surface area contributed by atoms with Gasteiger partial charge in [0.15, 0.2) is 0 Å². The molecule has 7 nitrogen and oxygen atoms in total. The fourth-order valence-corrected chi connectivity index (χ4v) is 3.17. The van der Waals surface area contributed by atoms with Gasteiger partial charge in [-0.1, -0.05) is 6.57 Å². The first-order valence-electron chi connectivity index (χ1n) is 8.33. The van der Waals surface area contributed by atoms with E-state index in [4.69, 9.17) is 11.3 Å². The Morgan fingerprint density at radius 3 is 2.73 bits per heavy atom. The number of ether oxygens (including phenoxy) is 2.